The van der Waals surface area contributed by atoms with Gasteiger partial charge < -0.3 is 0 Å². The summed E-state index contributed by atoms with van der Waals surface area (Å²) in [4.78, 5) is 12.9. The van der Waals surface area contributed by atoms with Crippen LogP contribution in [0.25, 0.3) is 0 Å². The molecule has 1 unspecified atom stereocenters. The van der Waals surface area contributed by atoms with Gasteiger partial charge in [0.25, 0.3) is 0 Å². The van der Waals surface area contributed by atoms with Crippen LogP contribution in [0.4, 0.5) is 0 Å². The van der Waals surface area contributed by atoms with Crippen molar-refractivity contribution >= 4 is 31.7 Å². The molecule has 1 heterocycles. The van der Waals surface area contributed by atoms with Gasteiger partial charge in [0.15, 0.2) is 5.78 Å². The maximum absolute atomic E-state index is 13.7. The molecule has 0 N–H and O–H groups in total. The average Bonchev–Trinajstić information content (AvgIpc) is 2.82. The number of ketones is 1. The molecule has 1 saturated heterocycles. The smallest absolute Gasteiger partial charge is 0.243 e. The predicted octanol–water partition coefficient (Wildman–Crippen LogP) is 5.24. The first-order chi connectivity index (χ1) is 15.8. The molecule has 2 aliphatic rings. The van der Waals surface area contributed by atoms with Crippen molar-refractivity contribution in [3.05, 3.63) is 113 Å². The molecule has 168 valence electrons. The Bertz CT molecular complexity index is 1340. The van der Waals surface area contributed by atoms with Gasteiger partial charge >= 0.3 is 0 Å². The summed E-state index contributed by atoms with van der Waals surface area (Å²) in [5.41, 5.74) is 2.94. The lowest BCUT2D eigenvalue weighted by Crippen LogP contribution is -2.57. The number of alkyl halides is 1. The van der Waals surface area contributed by atoms with Crippen LogP contribution in [0.5, 0.6) is 0 Å². The molecule has 1 aliphatic carbocycles. The Balaban J connectivity index is 1.69. The third-order valence-corrected chi connectivity index (χ3v) is 9.42. The number of aryl methyl sites for hydroxylation is 1. The number of carbonyl (C=O) groups excluding carboxylic acids is 1. The van der Waals surface area contributed by atoms with Gasteiger partial charge in [-0.1, -0.05) is 94.3 Å². The van der Waals surface area contributed by atoms with Crippen LogP contribution >= 0.6 is 15.9 Å². The maximum Gasteiger partial charge on any atom is 0.243 e. The van der Waals surface area contributed by atoms with E-state index in [1.807, 2.05) is 67.6 Å². The molecule has 0 bridgehead atoms. The molecule has 6 heteroatoms. The van der Waals surface area contributed by atoms with Crippen LogP contribution < -0.4 is 0 Å². The van der Waals surface area contributed by atoms with Crippen molar-refractivity contribution in [1.29, 1.82) is 0 Å². The monoisotopic (exact) mass is 521 g/mol. The van der Waals surface area contributed by atoms with E-state index >= 15 is 0 Å². The Kier molecular flexibility index (Phi) is 5.63. The fourth-order valence-corrected chi connectivity index (χ4v) is 8.04. The summed E-state index contributed by atoms with van der Waals surface area (Å²) in [6.45, 7) is 2.53. The first kappa shape index (κ1) is 22.3. The van der Waals surface area contributed by atoms with E-state index in [1.54, 1.807) is 22.5 Å². The van der Waals surface area contributed by atoms with Gasteiger partial charge in [-0.2, -0.15) is 4.31 Å². The lowest BCUT2D eigenvalue weighted by molar-refractivity contribution is 0.103. The van der Waals surface area contributed by atoms with E-state index < -0.39 is 15.4 Å². The Labute approximate surface area is 203 Å². The molecule has 33 heavy (non-hydrogen) atoms. The highest BCUT2D eigenvalue weighted by Crippen LogP contribution is 2.51. The molecule has 1 aliphatic heterocycles. The van der Waals surface area contributed by atoms with Crippen LogP contribution in [-0.2, 0) is 15.4 Å². The summed E-state index contributed by atoms with van der Waals surface area (Å²) in [7, 11) is -3.72. The van der Waals surface area contributed by atoms with Crippen LogP contribution in [-0.4, -0.2) is 36.4 Å². The first-order valence-corrected chi connectivity index (χ1v) is 13.3. The highest BCUT2D eigenvalue weighted by molar-refractivity contribution is 9.09. The summed E-state index contributed by atoms with van der Waals surface area (Å²) in [6.07, 6.45) is 3.54. The zero-order valence-electron chi connectivity index (χ0n) is 18.2. The third kappa shape index (κ3) is 3.70. The number of carbonyl (C=O) groups is 1. The van der Waals surface area contributed by atoms with E-state index in [-0.39, 0.29) is 28.0 Å². The van der Waals surface area contributed by atoms with Gasteiger partial charge in [0.2, 0.25) is 10.0 Å². The Morgan fingerprint density at radius 3 is 2.33 bits per heavy atom. The first-order valence-electron chi connectivity index (χ1n) is 10.9. The normalized spacial score (nSPS) is 25.2. The van der Waals surface area contributed by atoms with Gasteiger partial charge in [-0.3, -0.25) is 4.79 Å². The van der Waals surface area contributed by atoms with Crippen molar-refractivity contribution in [2.75, 3.05) is 13.1 Å². The van der Waals surface area contributed by atoms with Crippen LogP contribution in [0, 0.1) is 6.92 Å². The van der Waals surface area contributed by atoms with Crippen LogP contribution in [0.3, 0.4) is 0 Å². The standard InChI is InChI=1S/C27H24BrNO3S/c1-19-11-13-21(14-12-19)33(31,32)29-17-24(28)26(20-7-3-2-4-8-20)27(18-29)16-15-25(30)22-9-5-6-10-23(22)27/h2-16,24,26H,17-18H2,1H3/t24-,26+,27?/m1/s1. The number of sulfonamides is 1. The van der Waals surface area contributed by atoms with Gasteiger partial charge in [-0.15, -0.1) is 0 Å². The number of rotatable bonds is 3. The number of nitrogens with zero attached hydrogens (tertiary/aromatic N) is 1. The van der Waals surface area contributed by atoms with Gasteiger partial charge in [0.05, 0.1) is 4.90 Å². The number of halogens is 1. The molecule has 4 nitrogen and oxygen atoms in total. The number of fused-ring (bicyclic) bond motifs is 2. The topological polar surface area (TPSA) is 54.5 Å². The van der Waals surface area contributed by atoms with Crippen LogP contribution in [0.1, 0.15) is 33.0 Å². The molecule has 3 aromatic rings. The third-order valence-electron chi connectivity index (χ3n) is 6.78. The Morgan fingerprint density at radius 1 is 0.939 bits per heavy atom. The summed E-state index contributed by atoms with van der Waals surface area (Å²) < 4.78 is 29.0. The SMILES string of the molecule is Cc1ccc(S(=O)(=O)N2C[C@@H](Br)[C@H](c3ccccc3)C3(C=CC(=O)c4ccccc43)C2)cc1. The average molecular weight is 522 g/mol. The molecular weight excluding hydrogens is 498 g/mol. The highest BCUT2D eigenvalue weighted by Gasteiger charge is 2.52. The van der Waals surface area contributed by atoms with Crippen LogP contribution in [0.2, 0.25) is 0 Å². The minimum atomic E-state index is -3.72. The molecule has 1 fully saturated rings. The fourth-order valence-electron chi connectivity index (χ4n) is 5.20. The molecule has 3 atom stereocenters. The molecule has 5 rings (SSSR count). The Morgan fingerprint density at radius 2 is 1.61 bits per heavy atom. The molecule has 0 amide bonds. The van der Waals surface area contributed by atoms with Crippen molar-refractivity contribution in [1.82, 2.24) is 4.31 Å². The number of allylic oxidation sites excluding steroid dienone is 1. The van der Waals surface area contributed by atoms with Crippen LogP contribution in [0.15, 0.2) is 95.9 Å². The summed E-state index contributed by atoms with van der Waals surface area (Å²) >= 11 is 3.86. The fraction of sp³-hybridized carbons (Fsp3) is 0.222. The molecule has 1 spiro atoms. The summed E-state index contributed by atoms with van der Waals surface area (Å²) in [5, 5.41) is 0. The van der Waals surface area contributed by atoms with E-state index in [0.717, 1.165) is 16.7 Å². The summed E-state index contributed by atoms with van der Waals surface area (Å²) in [6, 6.07) is 24.7. The van der Waals surface area contributed by atoms with Gasteiger partial charge in [0, 0.05) is 34.8 Å². The van der Waals surface area contributed by atoms with Gasteiger partial charge in [-0.25, -0.2) is 8.42 Å². The van der Waals surface area contributed by atoms with Crippen molar-refractivity contribution in [3.63, 3.8) is 0 Å². The van der Waals surface area contributed by atoms with Crippen molar-refractivity contribution in [3.8, 4) is 0 Å². The second kappa shape index (κ2) is 8.35. The molecule has 0 saturated carbocycles. The second-order valence-corrected chi connectivity index (χ2v) is 11.9. The van der Waals surface area contributed by atoms with Crippen molar-refractivity contribution < 1.29 is 13.2 Å². The molecule has 0 radical (unpaired) electrons. The molecule has 3 aromatic carbocycles. The van der Waals surface area contributed by atoms with Crippen molar-refractivity contribution in [2.24, 2.45) is 0 Å². The number of hydrogen-bond donors (Lipinski definition) is 0. The lowest BCUT2D eigenvalue weighted by Gasteiger charge is -2.50. The van der Waals surface area contributed by atoms with E-state index in [0.29, 0.717) is 12.1 Å². The maximum atomic E-state index is 13.7. The number of hydrogen-bond acceptors (Lipinski definition) is 3. The number of benzene rings is 3. The second-order valence-electron chi connectivity index (χ2n) is 8.80. The highest BCUT2D eigenvalue weighted by atomic mass is 79.9. The Hall–Kier alpha value is -2.54. The molecular formula is C27H24BrNO3S. The van der Waals surface area contributed by atoms with E-state index in [9.17, 15) is 13.2 Å². The van der Waals surface area contributed by atoms with E-state index in [2.05, 4.69) is 28.1 Å². The summed E-state index contributed by atoms with van der Waals surface area (Å²) in [5.74, 6) is -0.0960. The van der Waals surface area contributed by atoms with Crippen molar-refractivity contribution in [2.45, 2.75) is 28.0 Å². The molecule has 0 aromatic heterocycles. The largest absolute Gasteiger partial charge is 0.289 e. The van der Waals surface area contributed by atoms with Gasteiger partial charge in [0.1, 0.15) is 0 Å². The van der Waals surface area contributed by atoms with E-state index in [4.69, 9.17) is 0 Å². The van der Waals surface area contributed by atoms with Gasteiger partial charge in [-0.05, 0) is 36.3 Å². The quantitative estimate of drug-likeness (QED) is 0.443. The number of piperidine rings is 1. The predicted molar refractivity (Wildman–Crippen MR) is 133 cm³/mol. The minimum absolute atomic E-state index is 0.0475. The lowest BCUT2D eigenvalue weighted by atomic mass is 9.61. The zero-order chi connectivity index (χ0) is 23.2. The zero-order valence-corrected chi connectivity index (χ0v) is 20.6. The van der Waals surface area contributed by atoms with E-state index in [1.165, 1.54) is 0 Å². The minimum Gasteiger partial charge on any atom is -0.289 e.